The van der Waals surface area contributed by atoms with Crippen molar-refractivity contribution in [3.8, 4) is 5.75 Å². The van der Waals surface area contributed by atoms with E-state index in [1.54, 1.807) is 18.2 Å². The molecule has 1 fully saturated rings. The van der Waals surface area contributed by atoms with Crippen molar-refractivity contribution in [1.82, 2.24) is 15.5 Å². The molecule has 1 atom stereocenters. The molecule has 172 valence electrons. The van der Waals surface area contributed by atoms with Crippen molar-refractivity contribution in [2.45, 2.75) is 25.9 Å². The van der Waals surface area contributed by atoms with Crippen LogP contribution >= 0.6 is 47.2 Å². The van der Waals surface area contributed by atoms with Crippen LogP contribution in [0, 0.1) is 0 Å². The Morgan fingerprint density at radius 2 is 2.03 bits per heavy atom. The van der Waals surface area contributed by atoms with Gasteiger partial charge in [0.25, 0.3) is 0 Å². The lowest BCUT2D eigenvalue weighted by atomic mass is 10.1. The zero-order valence-corrected chi connectivity index (χ0v) is 21.5. The predicted molar refractivity (Wildman–Crippen MR) is 134 cm³/mol. The molecule has 2 rings (SSSR count). The SMILES string of the molecule is CCNC(=NCC(C)(O)CN1CCOCC1)NCCCOc1ccc(Cl)cc1Cl.I. The molecule has 1 aromatic rings. The summed E-state index contributed by atoms with van der Waals surface area (Å²) in [6.07, 6.45) is 0.771. The van der Waals surface area contributed by atoms with Crippen LogP contribution in [0.15, 0.2) is 23.2 Å². The minimum atomic E-state index is -0.895. The molecular formula is C20H33Cl2IN4O3. The van der Waals surface area contributed by atoms with E-state index in [0.717, 1.165) is 26.1 Å². The van der Waals surface area contributed by atoms with Gasteiger partial charge in [-0.2, -0.15) is 0 Å². The number of ether oxygens (including phenoxy) is 2. The van der Waals surface area contributed by atoms with Crippen molar-refractivity contribution >= 4 is 53.1 Å². The van der Waals surface area contributed by atoms with Gasteiger partial charge in [0.2, 0.25) is 0 Å². The molecule has 0 amide bonds. The molecule has 1 saturated heterocycles. The van der Waals surface area contributed by atoms with E-state index < -0.39 is 5.60 Å². The van der Waals surface area contributed by atoms with Gasteiger partial charge in [-0.1, -0.05) is 23.2 Å². The largest absolute Gasteiger partial charge is 0.492 e. The van der Waals surface area contributed by atoms with Gasteiger partial charge in [0.05, 0.1) is 37.0 Å². The number of aliphatic hydroxyl groups is 1. The van der Waals surface area contributed by atoms with E-state index in [-0.39, 0.29) is 24.0 Å². The predicted octanol–water partition coefficient (Wildman–Crippen LogP) is 3.02. The molecule has 0 aliphatic carbocycles. The summed E-state index contributed by atoms with van der Waals surface area (Å²) < 4.78 is 11.0. The molecule has 7 nitrogen and oxygen atoms in total. The number of β-amino-alcohol motifs (C(OH)–C–C–N with tert-alkyl or cyclic N) is 1. The maximum absolute atomic E-state index is 10.7. The Bertz CT molecular complexity index is 659. The molecule has 1 aliphatic rings. The van der Waals surface area contributed by atoms with Crippen molar-refractivity contribution in [2.24, 2.45) is 4.99 Å². The van der Waals surface area contributed by atoms with E-state index in [4.69, 9.17) is 32.7 Å². The summed E-state index contributed by atoms with van der Waals surface area (Å²) in [5.41, 5.74) is -0.895. The summed E-state index contributed by atoms with van der Waals surface area (Å²) >= 11 is 12.0. The number of aliphatic imine (C=N–C) groups is 1. The van der Waals surface area contributed by atoms with Crippen molar-refractivity contribution in [3.63, 3.8) is 0 Å². The summed E-state index contributed by atoms with van der Waals surface area (Å²) in [6, 6.07) is 5.18. The van der Waals surface area contributed by atoms with Crippen LogP contribution in [0.4, 0.5) is 0 Å². The number of guanidine groups is 1. The Balaban J connectivity index is 0.00000450. The van der Waals surface area contributed by atoms with Gasteiger partial charge in [0.1, 0.15) is 5.75 Å². The smallest absolute Gasteiger partial charge is 0.191 e. The summed E-state index contributed by atoms with van der Waals surface area (Å²) in [7, 11) is 0. The number of nitrogens with one attached hydrogen (secondary N) is 2. The first-order valence-corrected chi connectivity index (χ1v) is 10.8. The summed E-state index contributed by atoms with van der Waals surface area (Å²) in [4.78, 5) is 6.75. The lowest BCUT2D eigenvalue weighted by molar-refractivity contribution is -0.0180. The van der Waals surface area contributed by atoms with Gasteiger partial charge in [0.15, 0.2) is 5.96 Å². The van der Waals surface area contributed by atoms with Crippen molar-refractivity contribution in [1.29, 1.82) is 0 Å². The molecular weight excluding hydrogens is 542 g/mol. The minimum Gasteiger partial charge on any atom is -0.492 e. The first kappa shape index (κ1) is 27.5. The second-order valence-electron chi connectivity index (χ2n) is 7.28. The number of morpholine rings is 1. The fourth-order valence-electron chi connectivity index (χ4n) is 2.94. The molecule has 1 heterocycles. The zero-order chi connectivity index (χ0) is 21.1. The summed E-state index contributed by atoms with van der Waals surface area (Å²) in [6.45, 7) is 9.78. The van der Waals surface area contributed by atoms with Crippen molar-refractivity contribution in [2.75, 3.05) is 59.1 Å². The van der Waals surface area contributed by atoms with Gasteiger partial charge in [-0.15, -0.1) is 24.0 Å². The molecule has 1 aliphatic heterocycles. The van der Waals surface area contributed by atoms with Crippen LogP contribution in [0.25, 0.3) is 0 Å². The van der Waals surface area contributed by atoms with Crippen LogP contribution < -0.4 is 15.4 Å². The van der Waals surface area contributed by atoms with Crippen LogP contribution in [0.5, 0.6) is 5.75 Å². The third-order valence-electron chi connectivity index (χ3n) is 4.36. The van der Waals surface area contributed by atoms with Crippen LogP contribution in [0.3, 0.4) is 0 Å². The van der Waals surface area contributed by atoms with Crippen LogP contribution in [-0.4, -0.2) is 80.7 Å². The minimum absolute atomic E-state index is 0. The highest BCUT2D eigenvalue weighted by Gasteiger charge is 2.25. The average Bonchev–Trinajstić information content (AvgIpc) is 2.67. The third-order valence-corrected chi connectivity index (χ3v) is 4.89. The number of rotatable bonds is 10. The topological polar surface area (TPSA) is 78.4 Å². The van der Waals surface area contributed by atoms with Gasteiger partial charge in [0, 0.05) is 37.7 Å². The van der Waals surface area contributed by atoms with E-state index in [0.29, 0.717) is 61.2 Å². The second kappa shape index (κ2) is 14.5. The molecule has 0 radical (unpaired) electrons. The Hall–Kier alpha value is -0.520. The molecule has 0 spiro atoms. The highest BCUT2D eigenvalue weighted by Crippen LogP contribution is 2.27. The Morgan fingerprint density at radius 3 is 2.70 bits per heavy atom. The zero-order valence-electron chi connectivity index (χ0n) is 17.6. The summed E-state index contributed by atoms with van der Waals surface area (Å²) in [5, 5.41) is 18.2. The highest BCUT2D eigenvalue weighted by molar-refractivity contribution is 14.0. The molecule has 0 aromatic heterocycles. The van der Waals surface area contributed by atoms with Gasteiger partial charge in [-0.05, 0) is 38.5 Å². The molecule has 1 aromatic carbocycles. The fraction of sp³-hybridized carbons (Fsp3) is 0.650. The fourth-order valence-corrected chi connectivity index (χ4v) is 3.40. The van der Waals surface area contributed by atoms with E-state index in [1.807, 2.05) is 13.8 Å². The van der Waals surface area contributed by atoms with Crippen molar-refractivity contribution < 1.29 is 14.6 Å². The number of halogens is 3. The van der Waals surface area contributed by atoms with E-state index in [9.17, 15) is 5.11 Å². The van der Waals surface area contributed by atoms with Crippen LogP contribution in [-0.2, 0) is 4.74 Å². The Kier molecular flexibility index (Phi) is 13.3. The average molecular weight is 575 g/mol. The third kappa shape index (κ3) is 10.7. The maximum Gasteiger partial charge on any atom is 0.191 e. The van der Waals surface area contributed by atoms with E-state index in [2.05, 4.69) is 20.5 Å². The highest BCUT2D eigenvalue weighted by atomic mass is 127. The van der Waals surface area contributed by atoms with Gasteiger partial charge in [-0.25, -0.2) is 0 Å². The monoisotopic (exact) mass is 574 g/mol. The molecule has 1 unspecified atom stereocenters. The first-order valence-electron chi connectivity index (χ1n) is 10.0. The van der Waals surface area contributed by atoms with Gasteiger partial charge < -0.3 is 25.2 Å². The molecule has 30 heavy (non-hydrogen) atoms. The molecule has 10 heteroatoms. The van der Waals surface area contributed by atoms with E-state index in [1.165, 1.54) is 0 Å². The number of hydrogen-bond donors (Lipinski definition) is 3. The first-order chi connectivity index (χ1) is 13.9. The lowest BCUT2D eigenvalue weighted by Gasteiger charge is -2.33. The number of nitrogens with zero attached hydrogens (tertiary/aromatic N) is 2. The second-order valence-corrected chi connectivity index (χ2v) is 8.13. The van der Waals surface area contributed by atoms with E-state index >= 15 is 0 Å². The lowest BCUT2D eigenvalue weighted by Crippen LogP contribution is -2.48. The molecule has 0 saturated carbocycles. The van der Waals surface area contributed by atoms with Gasteiger partial charge >= 0.3 is 0 Å². The van der Waals surface area contributed by atoms with Crippen LogP contribution in [0.1, 0.15) is 20.3 Å². The number of benzene rings is 1. The van der Waals surface area contributed by atoms with Crippen molar-refractivity contribution in [3.05, 3.63) is 28.2 Å². The van der Waals surface area contributed by atoms with Gasteiger partial charge in [-0.3, -0.25) is 9.89 Å². The Labute approximate surface area is 206 Å². The Morgan fingerprint density at radius 1 is 1.30 bits per heavy atom. The molecule has 0 bridgehead atoms. The maximum atomic E-state index is 10.7. The quantitative estimate of drug-likeness (QED) is 0.173. The molecule has 3 N–H and O–H groups in total. The number of hydrogen-bond acceptors (Lipinski definition) is 5. The summed E-state index contributed by atoms with van der Waals surface area (Å²) in [5.74, 6) is 1.30. The normalized spacial score (nSPS) is 17.0. The standard InChI is InChI=1S/C20H32Cl2N4O3.HI/c1-3-23-19(25-14-20(2,27)15-26-8-11-28-12-9-26)24-7-4-10-29-18-6-5-16(21)13-17(18)22;/h5-6,13,27H,3-4,7-12,14-15H2,1-2H3,(H2,23,24,25);1H. The van der Waals surface area contributed by atoms with Crippen LogP contribution in [0.2, 0.25) is 10.0 Å².